The molecule has 0 saturated carbocycles. The minimum atomic E-state index is -3.62. The van der Waals surface area contributed by atoms with Gasteiger partial charge in [-0.15, -0.1) is 0 Å². The van der Waals surface area contributed by atoms with Crippen LogP contribution in [0.3, 0.4) is 0 Å². The molecule has 1 unspecified atom stereocenters. The average Bonchev–Trinajstić information content (AvgIpc) is 3.13. The molecule has 0 bridgehead atoms. The van der Waals surface area contributed by atoms with Crippen molar-refractivity contribution in [3.8, 4) is 0 Å². The summed E-state index contributed by atoms with van der Waals surface area (Å²) >= 11 is 0. The lowest BCUT2D eigenvalue weighted by atomic mass is 10.3. The van der Waals surface area contributed by atoms with Crippen LogP contribution in [-0.2, 0) is 24.3 Å². The summed E-state index contributed by atoms with van der Waals surface area (Å²) in [5.41, 5.74) is 0.275. The standard InChI is InChI=1S/C18H20N2O6S/c1-13(26-17(21)10-9-15-7-5-11-25-15)18(22)19-14-6-4-8-16(12-14)27(23,24)20(2)3/h4-13H,1-3H3,(H,19,22)/b10-9+. The highest BCUT2D eigenvalue weighted by atomic mass is 32.2. The van der Waals surface area contributed by atoms with Gasteiger partial charge in [-0.2, -0.15) is 0 Å². The molecule has 1 heterocycles. The van der Waals surface area contributed by atoms with Crippen molar-refractivity contribution in [1.29, 1.82) is 0 Å². The van der Waals surface area contributed by atoms with Gasteiger partial charge in [0.25, 0.3) is 5.91 Å². The van der Waals surface area contributed by atoms with E-state index < -0.39 is 28.0 Å². The molecule has 27 heavy (non-hydrogen) atoms. The molecule has 1 amide bonds. The van der Waals surface area contributed by atoms with E-state index in [2.05, 4.69) is 5.32 Å². The quantitative estimate of drug-likeness (QED) is 0.571. The number of sulfonamides is 1. The fourth-order valence-electron chi connectivity index (χ4n) is 1.99. The van der Waals surface area contributed by atoms with Crippen molar-refractivity contribution in [2.24, 2.45) is 0 Å². The molecule has 0 aliphatic heterocycles. The summed E-state index contributed by atoms with van der Waals surface area (Å²) in [6, 6.07) is 9.14. The lowest BCUT2D eigenvalue weighted by Gasteiger charge is -2.14. The molecule has 9 heteroatoms. The van der Waals surface area contributed by atoms with E-state index in [1.807, 2.05) is 0 Å². The van der Waals surface area contributed by atoms with Crippen molar-refractivity contribution in [3.05, 3.63) is 54.5 Å². The molecule has 8 nitrogen and oxygen atoms in total. The summed E-state index contributed by atoms with van der Waals surface area (Å²) in [7, 11) is -0.795. The Labute approximate surface area is 157 Å². The molecule has 1 aromatic heterocycles. The molecule has 0 saturated heterocycles. The molecule has 1 N–H and O–H groups in total. The SMILES string of the molecule is CC(OC(=O)/C=C/c1ccco1)C(=O)Nc1cccc(S(=O)(=O)N(C)C)c1. The Morgan fingerprint density at radius 2 is 1.96 bits per heavy atom. The van der Waals surface area contributed by atoms with Gasteiger partial charge in [0.15, 0.2) is 6.10 Å². The molecule has 0 fully saturated rings. The minimum absolute atomic E-state index is 0.0383. The molecule has 2 aromatic rings. The third-order valence-corrected chi connectivity index (χ3v) is 5.28. The van der Waals surface area contributed by atoms with Crippen LogP contribution in [0.25, 0.3) is 6.08 Å². The predicted octanol–water partition coefficient (Wildman–Crippen LogP) is 2.11. The number of ether oxygens (including phenoxy) is 1. The number of anilines is 1. The summed E-state index contributed by atoms with van der Waals surface area (Å²) in [5, 5.41) is 2.53. The second-order valence-electron chi connectivity index (χ2n) is 5.73. The molecule has 144 valence electrons. The third kappa shape index (κ3) is 5.53. The van der Waals surface area contributed by atoms with Gasteiger partial charge in [0.05, 0.1) is 11.2 Å². The number of amides is 1. The molecule has 0 aliphatic rings. The van der Waals surface area contributed by atoms with E-state index in [0.717, 1.165) is 10.4 Å². The Bertz CT molecular complexity index is 933. The Morgan fingerprint density at radius 3 is 2.59 bits per heavy atom. The van der Waals surface area contributed by atoms with E-state index in [9.17, 15) is 18.0 Å². The summed E-state index contributed by atoms with van der Waals surface area (Å²) in [5.74, 6) is -0.824. The van der Waals surface area contributed by atoms with Crippen molar-refractivity contribution >= 4 is 33.7 Å². The molecular weight excluding hydrogens is 372 g/mol. The van der Waals surface area contributed by atoms with Gasteiger partial charge in [0, 0.05) is 25.9 Å². The third-order valence-electron chi connectivity index (χ3n) is 3.47. The largest absolute Gasteiger partial charge is 0.465 e. The van der Waals surface area contributed by atoms with Crippen LogP contribution in [-0.4, -0.2) is 44.8 Å². The molecule has 1 atom stereocenters. The Balaban J connectivity index is 1.99. The van der Waals surface area contributed by atoms with Gasteiger partial charge < -0.3 is 14.5 Å². The number of hydrogen-bond donors (Lipinski definition) is 1. The first-order valence-electron chi connectivity index (χ1n) is 7.96. The van der Waals surface area contributed by atoms with E-state index in [1.165, 1.54) is 57.6 Å². The smallest absolute Gasteiger partial charge is 0.331 e. The fourth-order valence-corrected chi connectivity index (χ4v) is 2.94. The number of hydrogen-bond acceptors (Lipinski definition) is 6. The summed E-state index contributed by atoms with van der Waals surface area (Å²) in [6.45, 7) is 1.41. The Kier molecular flexibility index (Phi) is 6.54. The Morgan fingerprint density at radius 1 is 1.22 bits per heavy atom. The number of carbonyl (C=O) groups is 2. The second-order valence-corrected chi connectivity index (χ2v) is 7.88. The number of furan rings is 1. The second kappa shape index (κ2) is 8.65. The van der Waals surface area contributed by atoms with Crippen LogP contribution < -0.4 is 5.32 Å². The number of nitrogens with zero attached hydrogens (tertiary/aromatic N) is 1. The van der Waals surface area contributed by atoms with Crippen LogP contribution in [0, 0.1) is 0 Å². The number of nitrogens with one attached hydrogen (secondary N) is 1. The van der Waals surface area contributed by atoms with Gasteiger partial charge in [0.2, 0.25) is 10.0 Å². The maximum Gasteiger partial charge on any atom is 0.331 e. The van der Waals surface area contributed by atoms with Crippen molar-refractivity contribution < 1.29 is 27.2 Å². The average molecular weight is 392 g/mol. The zero-order valence-electron chi connectivity index (χ0n) is 15.1. The lowest BCUT2D eigenvalue weighted by molar-refractivity contribution is -0.148. The normalized spacial score (nSPS) is 12.9. The van der Waals surface area contributed by atoms with Gasteiger partial charge in [0.1, 0.15) is 5.76 Å². The summed E-state index contributed by atoms with van der Waals surface area (Å²) in [4.78, 5) is 24.0. The van der Waals surface area contributed by atoms with E-state index in [0.29, 0.717) is 5.76 Å². The zero-order valence-corrected chi connectivity index (χ0v) is 15.9. The summed E-state index contributed by atoms with van der Waals surface area (Å²) < 4.78 is 35.4. The topological polar surface area (TPSA) is 106 Å². The number of benzene rings is 1. The molecule has 0 radical (unpaired) electrons. The van der Waals surface area contributed by atoms with Crippen LogP contribution in [0.4, 0.5) is 5.69 Å². The highest BCUT2D eigenvalue weighted by Gasteiger charge is 2.20. The van der Waals surface area contributed by atoms with Crippen molar-refractivity contribution in [1.82, 2.24) is 4.31 Å². The first-order chi connectivity index (χ1) is 12.7. The van der Waals surface area contributed by atoms with Crippen LogP contribution in [0.15, 0.2) is 58.1 Å². The van der Waals surface area contributed by atoms with Crippen molar-refractivity contribution in [2.75, 3.05) is 19.4 Å². The highest BCUT2D eigenvalue weighted by Crippen LogP contribution is 2.18. The van der Waals surface area contributed by atoms with Gasteiger partial charge in [-0.3, -0.25) is 4.79 Å². The van der Waals surface area contributed by atoms with Crippen LogP contribution in [0.2, 0.25) is 0 Å². The van der Waals surface area contributed by atoms with E-state index >= 15 is 0 Å². The molecule has 2 rings (SSSR count). The van der Waals surface area contributed by atoms with Crippen LogP contribution >= 0.6 is 0 Å². The maximum absolute atomic E-state index is 12.2. The highest BCUT2D eigenvalue weighted by molar-refractivity contribution is 7.89. The number of esters is 1. The minimum Gasteiger partial charge on any atom is -0.465 e. The van der Waals surface area contributed by atoms with Gasteiger partial charge in [-0.05, 0) is 43.3 Å². The van der Waals surface area contributed by atoms with E-state index in [4.69, 9.17) is 9.15 Å². The lowest BCUT2D eigenvalue weighted by Crippen LogP contribution is -2.29. The van der Waals surface area contributed by atoms with Gasteiger partial charge in [-0.25, -0.2) is 17.5 Å². The van der Waals surface area contributed by atoms with Crippen molar-refractivity contribution in [3.63, 3.8) is 0 Å². The molecular formula is C18H20N2O6S. The molecule has 1 aromatic carbocycles. The van der Waals surface area contributed by atoms with Crippen LogP contribution in [0.5, 0.6) is 0 Å². The predicted molar refractivity (Wildman–Crippen MR) is 99.2 cm³/mol. The molecule has 0 aliphatic carbocycles. The van der Waals surface area contributed by atoms with Crippen molar-refractivity contribution in [2.45, 2.75) is 17.9 Å². The summed E-state index contributed by atoms with van der Waals surface area (Å²) in [6.07, 6.45) is 2.95. The van der Waals surface area contributed by atoms with Gasteiger partial charge in [-0.1, -0.05) is 6.07 Å². The van der Waals surface area contributed by atoms with E-state index in [1.54, 1.807) is 12.1 Å². The zero-order chi connectivity index (χ0) is 20.0. The first-order valence-corrected chi connectivity index (χ1v) is 9.40. The number of rotatable bonds is 7. The first kappa shape index (κ1) is 20.4. The fraction of sp³-hybridized carbons (Fsp3) is 0.222. The monoisotopic (exact) mass is 392 g/mol. The van der Waals surface area contributed by atoms with Gasteiger partial charge >= 0.3 is 5.97 Å². The van der Waals surface area contributed by atoms with Crippen LogP contribution in [0.1, 0.15) is 12.7 Å². The molecule has 0 spiro atoms. The van der Waals surface area contributed by atoms with E-state index in [-0.39, 0.29) is 10.6 Å². The Hall–Kier alpha value is -2.91. The maximum atomic E-state index is 12.2. The number of carbonyl (C=O) groups excluding carboxylic acids is 2.